The molecule has 2 aliphatic heterocycles. The largest absolute Gasteiger partial charge is 0.497 e. The van der Waals surface area contributed by atoms with E-state index in [1.54, 1.807) is 18.6 Å². The number of para-hydroxylation sites is 1. The highest BCUT2D eigenvalue weighted by Crippen LogP contribution is 2.55. The topological polar surface area (TPSA) is 49.7 Å². The lowest BCUT2D eigenvalue weighted by atomic mass is 9.71. The van der Waals surface area contributed by atoms with Crippen LogP contribution in [0.2, 0.25) is 0 Å². The van der Waals surface area contributed by atoms with Gasteiger partial charge >= 0.3 is 0 Å². The molecule has 3 aromatic rings. The van der Waals surface area contributed by atoms with Gasteiger partial charge < -0.3 is 14.2 Å². The van der Waals surface area contributed by atoms with Gasteiger partial charge in [-0.2, -0.15) is 0 Å². The third-order valence-corrected chi connectivity index (χ3v) is 6.11. The summed E-state index contributed by atoms with van der Waals surface area (Å²) in [6, 6.07) is 13.9. The normalized spacial score (nSPS) is 21.7. The van der Waals surface area contributed by atoms with Gasteiger partial charge in [0.25, 0.3) is 0 Å². The Morgan fingerprint density at radius 2 is 2.00 bits per heavy atom. The van der Waals surface area contributed by atoms with E-state index in [4.69, 9.17) is 14.2 Å². The highest BCUT2D eigenvalue weighted by Gasteiger charge is 2.50. The minimum atomic E-state index is -0.440. The number of hydrogen-bond donors (Lipinski definition) is 0. The first-order valence-electron chi connectivity index (χ1n) is 9.56. The Morgan fingerprint density at radius 3 is 2.75 bits per heavy atom. The SMILES string of the molecule is COc1ccc2c(c1)c1c(n2C(C)=O)[C@H]2c3ccccc3OC[C@@H]2C(C)(C)O1. The molecule has 5 heteroatoms. The van der Waals surface area contributed by atoms with Crippen LogP contribution in [0.5, 0.6) is 17.2 Å². The fraction of sp³-hybridized carbons (Fsp3) is 0.348. The zero-order valence-corrected chi connectivity index (χ0v) is 16.5. The van der Waals surface area contributed by atoms with Gasteiger partial charge in [0.05, 0.1) is 24.9 Å². The molecule has 0 unspecified atom stereocenters. The van der Waals surface area contributed by atoms with Crippen molar-refractivity contribution in [3.8, 4) is 17.2 Å². The van der Waals surface area contributed by atoms with E-state index >= 15 is 0 Å². The second-order valence-corrected chi connectivity index (χ2v) is 8.09. The minimum Gasteiger partial charge on any atom is -0.497 e. The predicted octanol–water partition coefficient (Wildman–Crippen LogP) is 4.62. The van der Waals surface area contributed by atoms with E-state index in [9.17, 15) is 4.79 Å². The van der Waals surface area contributed by atoms with Crippen LogP contribution >= 0.6 is 0 Å². The third-order valence-electron chi connectivity index (χ3n) is 6.11. The van der Waals surface area contributed by atoms with Crippen LogP contribution in [0.25, 0.3) is 10.9 Å². The average molecular weight is 377 g/mol. The smallest absolute Gasteiger partial charge is 0.228 e. The second-order valence-electron chi connectivity index (χ2n) is 8.09. The summed E-state index contributed by atoms with van der Waals surface area (Å²) in [6.45, 7) is 6.35. The minimum absolute atomic E-state index is 0.0194. The highest BCUT2D eigenvalue weighted by molar-refractivity contribution is 5.98. The molecular weight excluding hydrogens is 354 g/mol. The average Bonchev–Trinajstić information content (AvgIpc) is 3.00. The molecule has 0 radical (unpaired) electrons. The van der Waals surface area contributed by atoms with Crippen LogP contribution < -0.4 is 14.2 Å². The van der Waals surface area contributed by atoms with Crippen molar-refractivity contribution < 1.29 is 19.0 Å². The van der Waals surface area contributed by atoms with Crippen LogP contribution in [0.3, 0.4) is 0 Å². The Hall–Kier alpha value is -2.95. The number of methoxy groups -OCH3 is 1. The maximum Gasteiger partial charge on any atom is 0.228 e. The molecule has 5 rings (SSSR count). The molecule has 28 heavy (non-hydrogen) atoms. The Balaban J connectivity index is 1.89. The summed E-state index contributed by atoms with van der Waals surface area (Å²) < 4.78 is 19.8. The molecule has 0 saturated carbocycles. The van der Waals surface area contributed by atoms with Gasteiger partial charge in [-0.3, -0.25) is 9.36 Å². The lowest BCUT2D eigenvalue weighted by Crippen LogP contribution is -2.49. The van der Waals surface area contributed by atoms with E-state index in [2.05, 4.69) is 19.9 Å². The number of ether oxygens (including phenoxy) is 3. The second kappa shape index (κ2) is 5.77. The van der Waals surface area contributed by atoms with E-state index in [1.165, 1.54) is 0 Å². The molecule has 0 amide bonds. The van der Waals surface area contributed by atoms with Crippen molar-refractivity contribution in [2.24, 2.45) is 5.92 Å². The summed E-state index contributed by atoms with van der Waals surface area (Å²) in [4.78, 5) is 12.7. The maximum absolute atomic E-state index is 12.7. The molecule has 0 bridgehead atoms. The van der Waals surface area contributed by atoms with Crippen molar-refractivity contribution in [3.05, 3.63) is 53.7 Å². The number of fused-ring (bicyclic) bond motifs is 7. The zero-order valence-electron chi connectivity index (χ0n) is 16.5. The van der Waals surface area contributed by atoms with Gasteiger partial charge in [0.1, 0.15) is 22.8 Å². The molecule has 0 N–H and O–H groups in total. The summed E-state index contributed by atoms with van der Waals surface area (Å²) in [7, 11) is 1.64. The Morgan fingerprint density at radius 1 is 1.21 bits per heavy atom. The van der Waals surface area contributed by atoms with E-state index < -0.39 is 5.60 Å². The van der Waals surface area contributed by atoms with Crippen molar-refractivity contribution in [1.29, 1.82) is 0 Å². The first-order valence-corrected chi connectivity index (χ1v) is 9.56. The summed E-state index contributed by atoms with van der Waals surface area (Å²) in [6.07, 6.45) is 0. The zero-order chi connectivity index (χ0) is 19.6. The van der Waals surface area contributed by atoms with Gasteiger partial charge in [0, 0.05) is 29.7 Å². The van der Waals surface area contributed by atoms with E-state index in [1.807, 2.05) is 36.4 Å². The van der Waals surface area contributed by atoms with Crippen LogP contribution in [0.4, 0.5) is 0 Å². The van der Waals surface area contributed by atoms with Crippen molar-refractivity contribution in [3.63, 3.8) is 0 Å². The van der Waals surface area contributed by atoms with Gasteiger partial charge in [0.15, 0.2) is 0 Å². The molecule has 0 saturated heterocycles. The van der Waals surface area contributed by atoms with Gasteiger partial charge in [0.2, 0.25) is 5.91 Å². The molecule has 0 fully saturated rings. The van der Waals surface area contributed by atoms with Crippen molar-refractivity contribution in [1.82, 2.24) is 4.57 Å². The number of aromatic nitrogens is 1. The quantitative estimate of drug-likeness (QED) is 0.621. The standard InChI is InChI=1S/C23H23NO4/c1-13(25)24-18-10-9-14(26-4)11-16(18)22-21(24)20-15-7-5-6-8-19(15)27-12-17(20)23(2,3)28-22/h5-11,17,20H,12H2,1-4H3/t17-,20-/m0/s1. The molecule has 0 spiro atoms. The molecule has 2 aromatic carbocycles. The fourth-order valence-electron chi connectivity index (χ4n) is 4.76. The molecule has 0 aliphatic carbocycles. The Labute approximate surface area is 163 Å². The highest BCUT2D eigenvalue weighted by atomic mass is 16.5. The van der Waals surface area contributed by atoms with Crippen LogP contribution in [-0.4, -0.2) is 29.8 Å². The lowest BCUT2D eigenvalue weighted by molar-refractivity contribution is -0.0142. The number of hydrogen-bond acceptors (Lipinski definition) is 4. The van der Waals surface area contributed by atoms with Gasteiger partial charge in [-0.1, -0.05) is 18.2 Å². The van der Waals surface area contributed by atoms with Crippen molar-refractivity contribution in [2.75, 3.05) is 13.7 Å². The number of carbonyl (C=O) groups is 1. The molecule has 5 nitrogen and oxygen atoms in total. The molecule has 144 valence electrons. The van der Waals surface area contributed by atoms with E-state index in [-0.39, 0.29) is 17.7 Å². The lowest BCUT2D eigenvalue weighted by Gasteiger charge is -2.46. The molecular formula is C23H23NO4. The summed E-state index contributed by atoms with van der Waals surface area (Å²) in [5.41, 5.74) is 2.42. The van der Waals surface area contributed by atoms with Crippen LogP contribution in [0, 0.1) is 5.92 Å². The van der Waals surface area contributed by atoms with Crippen LogP contribution in [0.1, 0.15) is 42.7 Å². The van der Waals surface area contributed by atoms with E-state index in [0.29, 0.717) is 6.61 Å². The monoisotopic (exact) mass is 377 g/mol. The number of rotatable bonds is 1. The van der Waals surface area contributed by atoms with Gasteiger partial charge in [-0.25, -0.2) is 0 Å². The summed E-state index contributed by atoms with van der Waals surface area (Å²) in [5, 5.41) is 0.903. The summed E-state index contributed by atoms with van der Waals surface area (Å²) in [5.74, 6) is 2.48. The van der Waals surface area contributed by atoms with Crippen LogP contribution in [0.15, 0.2) is 42.5 Å². The third kappa shape index (κ3) is 2.22. The first-order chi connectivity index (χ1) is 13.4. The maximum atomic E-state index is 12.7. The molecule has 2 atom stereocenters. The predicted molar refractivity (Wildman–Crippen MR) is 107 cm³/mol. The van der Waals surface area contributed by atoms with Crippen LogP contribution in [-0.2, 0) is 0 Å². The van der Waals surface area contributed by atoms with Gasteiger partial charge in [-0.05, 0) is 38.1 Å². The Kier molecular flexibility index (Phi) is 3.54. The number of benzene rings is 2. The van der Waals surface area contributed by atoms with Crippen molar-refractivity contribution >= 4 is 16.8 Å². The number of carbonyl (C=O) groups excluding carboxylic acids is 1. The Bertz CT molecular complexity index is 1110. The summed E-state index contributed by atoms with van der Waals surface area (Å²) >= 11 is 0. The number of nitrogens with zero attached hydrogens (tertiary/aromatic N) is 1. The van der Waals surface area contributed by atoms with E-state index in [0.717, 1.165) is 39.4 Å². The molecule has 1 aromatic heterocycles. The first kappa shape index (κ1) is 17.2. The molecule has 3 heterocycles. The van der Waals surface area contributed by atoms with Gasteiger partial charge in [-0.15, -0.1) is 0 Å². The molecule has 2 aliphatic rings. The fourth-order valence-corrected chi connectivity index (χ4v) is 4.76. The van der Waals surface area contributed by atoms with Crippen molar-refractivity contribution in [2.45, 2.75) is 32.3 Å².